The van der Waals surface area contributed by atoms with Crippen molar-refractivity contribution in [3.05, 3.63) is 41.7 Å². The van der Waals surface area contributed by atoms with Crippen molar-refractivity contribution in [2.45, 2.75) is 45.6 Å². The summed E-state index contributed by atoms with van der Waals surface area (Å²) in [5.74, 6) is 1.08. The van der Waals surface area contributed by atoms with Gasteiger partial charge < -0.3 is 10.2 Å². The zero-order valence-corrected chi connectivity index (χ0v) is 15.8. The van der Waals surface area contributed by atoms with Crippen LogP contribution in [0.2, 0.25) is 0 Å². The van der Waals surface area contributed by atoms with Gasteiger partial charge >= 0.3 is 0 Å². The summed E-state index contributed by atoms with van der Waals surface area (Å²) in [6.07, 6.45) is 3.69. The molecule has 1 N–H and O–H groups in total. The van der Waals surface area contributed by atoms with Crippen molar-refractivity contribution >= 4 is 22.6 Å². The van der Waals surface area contributed by atoms with Gasteiger partial charge in [0.25, 0.3) is 0 Å². The van der Waals surface area contributed by atoms with Crippen molar-refractivity contribution in [1.82, 2.24) is 14.7 Å². The average molecular weight is 359 g/mol. The van der Waals surface area contributed by atoms with Gasteiger partial charge in [0, 0.05) is 37.1 Å². The molecule has 0 unspecified atom stereocenters. The Morgan fingerprint density at radius 3 is 2.96 bits per heavy atom. The lowest BCUT2D eigenvalue weighted by Gasteiger charge is -2.32. The normalized spacial score (nSPS) is 18.8. The van der Waals surface area contributed by atoms with Gasteiger partial charge in [0.05, 0.1) is 5.92 Å². The molecule has 0 bridgehead atoms. The lowest BCUT2D eigenvalue weighted by molar-refractivity contribution is -0.125. The van der Waals surface area contributed by atoms with Crippen molar-refractivity contribution in [2.75, 3.05) is 18.0 Å². The molecule has 1 saturated heterocycles. The van der Waals surface area contributed by atoms with Gasteiger partial charge in [0.1, 0.15) is 5.82 Å². The molecule has 134 valence electrons. The van der Waals surface area contributed by atoms with Crippen LogP contribution in [0, 0.1) is 5.92 Å². The second-order valence-corrected chi connectivity index (χ2v) is 7.49. The zero-order valence-electron chi connectivity index (χ0n) is 14.9. The smallest absolute Gasteiger partial charge is 0.225 e. The molecule has 0 spiro atoms. The van der Waals surface area contributed by atoms with Crippen LogP contribution >= 0.6 is 11.5 Å². The Morgan fingerprint density at radius 2 is 2.20 bits per heavy atom. The standard InChI is InChI=1S/C19H26N4OS/c1-3-14(2)20-18(24)16-10-7-11-23(13-16)19-21-17(22-25-19)12-15-8-5-4-6-9-15/h4-6,8-9,14,16H,3,7,10-13H2,1-2H3,(H,20,24)/t14-,16-/m1/s1. The third-order valence-corrected chi connectivity index (χ3v) is 5.54. The summed E-state index contributed by atoms with van der Waals surface area (Å²) >= 11 is 1.44. The monoisotopic (exact) mass is 358 g/mol. The number of nitrogens with zero attached hydrogens (tertiary/aromatic N) is 3. The number of benzene rings is 1. The summed E-state index contributed by atoms with van der Waals surface area (Å²) in [5, 5.41) is 4.05. The molecule has 2 atom stereocenters. The molecule has 3 rings (SSSR count). The number of amides is 1. The van der Waals surface area contributed by atoms with E-state index in [2.05, 4.69) is 40.6 Å². The molecule has 1 aliphatic heterocycles. The van der Waals surface area contributed by atoms with Crippen molar-refractivity contribution in [2.24, 2.45) is 5.92 Å². The zero-order chi connectivity index (χ0) is 17.6. The Hall–Kier alpha value is -1.95. The van der Waals surface area contributed by atoms with E-state index in [1.807, 2.05) is 18.2 Å². The number of carbonyl (C=O) groups excluding carboxylic acids is 1. The molecule has 5 nitrogen and oxygen atoms in total. The Balaban J connectivity index is 1.61. The minimum atomic E-state index is 0.0456. The van der Waals surface area contributed by atoms with Crippen LogP contribution in [0.5, 0.6) is 0 Å². The van der Waals surface area contributed by atoms with Crippen LogP contribution in [0.15, 0.2) is 30.3 Å². The SMILES string of the molecule is CC[C@@H](C)NC(=O)[C@@H]1CCCN(c2nc(Cc3ccccc3)ns2)C1. The Kier molecular flexibility index (Phi) is 6.02. The van der Waals surface area contributed by atoms with E-state index in [1.54, 1.807) is 0 Å². The summed E-state index contributed by atoms with van der Waals surface area (Å²) in [6, 6.07) is 10.5. The van der Waals surface area contributed by atoms with Crippen LogP contribution in [-0.4, -0.2) is 34.4 Å². The van der Waals surface area contributed by atoms with Gasteiger partial charge in [-0.2, -0.15) is 4.37 Å². The molecule has 6 heteroatoms. The predicted molar refractivity (Wildman–Crippen MR) is 102 cm³/mol. The number of hydrogen-bond acceptors (Lipinski definition) is 5. The van der Waals surface area contributed by atoms with Crippen molar-refractivity contribution in [3.8, 4) is 0 Å². The van der Waals surface area contributed by atoms with Gasteiger partial charge in [-0.3, -0.25) is 4.79 Å². The molecule has 2 heterocycles. The van der Waals surface area contributed by atoms with Crippen LogP contribution in [0.1, 0.15) is 44.5 Å². The Labute approximate surface area is 153 Å². The molecule has 0 radical (unpaired) electrons. The number of nitrogens with one attached hydrogen (secondary N) is 1. The maximum absolute atomic E-state index is 12.4. The molecule has 25 heavy (non-hydrogen) atoms. The molecule has 2 aromatic rings. The molecule has 1 aromatic carbocycles. The second-order valence-electron chi connectivity index (χ2n) is 6.76. The summed E-state index contributed by atoms with van der Waals surface area (Å²) in [4.78, 5) is 19.3. The minimum Gasteiger partial charge on any atom is -0.353 e. The fourth-order valence-corrected chi connectivity index (χ4v) is 3.77. The van der Waals surface area contributed by atoms with E-state index >= 15 is 0 Å². The number of carbonyl (C=O) groups is 1. The number of anilines is 1. The lowest BCUT2D eigenvalue weighted by Crippen LogP contribution is -2.45. The van der Waals surface area contributed by atoms with E-state index < -0.39 is 0 Å². The fraction of sp³-hybridized carbons (Fsp3) is 0.526. The highest BCUT2D eigenvalue weighted by Crippen LogP contribution is 2.25. The van der Waals surface area contributed by atoms with E-state index in [0.717, 1.165) is 49.7 Å². The summed E-state index contributed by atoms with van der Waals surface area (Å²) < 4.78 is 4.51. The minimum absolute atomic E-state index is 0.0456. The molecular weight excluding hydrogens is 332 g/mol. The average Bonchev–Trinajstić information content (AvgIpc) is 3.11. The second kappa shape index (κ2) is 8.43. The highest BCUT2D eigenvalue weighted by Gasteiger charge is 2.28. The highest BCUT2D eigenvalue weighted by atomic mass is 32.1. The molecule has 0 aliphatic carbocycles. The third-order valence-electron chi connectivity index (χ3n) is 4.73. The molecule has 1 aliphatic rings. The highest BCUT2D eigenvalue weighted by molar-refractivity contribution is 7.09. The molecule has 1 aromatic heterocycles. The summed E-state index contributed by atoms with van der Waals surface area (Å²) in [7, 11) is 0. The Bertz CT molecular complexity index is 688. The number of rotatable bonds is 6. The molecule has 1 amide bonds. The van der Waals surface area contributed by atoms with Crippen LogP contribution in [0.25, 0.3) is 0 Å². The summed E-state index contributed by atoms with van der Waals surface area (Å²) in [6.45, 7) is 5.84. The van der Waals surface area contributed by atoms with Crippen molar-refractivity contribution in [1.29, 1.82) is 0 Å². The number of aromatic nitrogens is 2. The number of hydrogen-bond donors (Lipinski definition) is 1. The first-order valence-corrected chi connectivity index (χ1v) is 9.85. The predicted octanol–water partition coefficient (Wildman–Crippen LogP) is 3.26. The Morgan fingerprint density at radius 1 is 1.40 bits per heavy atom. The van der Waals surface area contributed by atoms with Gasteiger partial charge in [-0.25, -0.2) is 4.98 Å². The maximum atomic E-state index is 12.4. The number of piperidine rings is 1. The molecular formula is C19H26N4OS. The third kappa shape index (κ3) is 4.78. The quantitative estimate of drug-likeness (QED) is 0.861. The van der Waals surface area contributed by atoms with E-state index in [9.17, 15) is 4.79 Å². The van der Waals surface area contributed by atoms with Crippen LogP contribution in [-0.2, 0) is 11.2 Å². The van der Waals surface area contributed by atoms with E-state index in [-0.39, 0.29) is 17.9 Å². The fourth-order valence-electron chi connectivity index (χ4n) is 3.05. The largest absolute Gasteiger partial charge is 0.353 e. The topological polar surface area (TPSA) is 58.1 Å². The van der Waals surface area contributed by atoms with Crippen molar-refractivity contribution in [3.63, 3.8) is 0 Å². The van der Waals surface area contributed by atoms with Crippen molar-refractivity contribution < 1.29 is 4.79 Å². The molecule has 1 fully saturated rings. The lowest BCUT2D eigenvalue weighted by atomic mass is 9.97. The van der Waals surface area contributed by atoms with Gasteiger partial charge in [-0.15, -0.1) is 0 Å². The van der Waals surface area contributed by atoms with E-state index in [1.165, 1.54) is 17.1 Å². The van der Waals surface area contributed by atoms with Crippen LogP contribution in [0.4, 0.5) is 5.13 Å². The molecule has 0 saturated carbocycles. The van der Waals surface area contributed by atoms with E-state index in [0.29, 0.717) is 0 Å². The van der Waals surface area contributed by atoms with Crippen LogP contribution in [0.3, 0.4) is 0 Å². The van der Waals surface area contributed by atoms with E-state index in [4.69, 9.17) is 4.98 Å². The summed E-state index contributed by atoms with van der Waals surface area (Å²) in [5.41, 5.74) is 1.22. The van der Waals surface area contributed by atoms with Gasteiger partial charge in [0.15, 0.2) is 0 Å². The first-order valence-electron chi connectivity index (χ1n) is 9.07. The van der Waals surface area contributed by atoms with Gasteiger partial charge in [-0.1, -0.05) is 37.3 Å². The maximum Gasteiger partial charge on any atom is 0.225 e. The van der Waals surface area contributed by atoms with Gasteiger partial charge in [-0.05, 0) is 31.7 Å². The first kappa shape index (κ1) is 17.9. The first-order chi connectivity index (χ1) is 12.2. The van der Waals surface area contributed by atoms with Gasteiger partial charge in [0.2, 0.25) is 11.0 Å². The van der Waals surface area contributed by atoms with Crippen LogP contribution < -0.4 is 10.2 Å².